The fourth-order valence-corrected chi connectivity index (χ4v) is 2.22. The monoisotopic (exact) mass is 264 g/mol. The molecule has 0 aliphatic carbocycles. The molecule has 2 rings (SSSR count). The molecule has 0 spiro atoms. The first-order valence-corrected chi connectivity index (χ1v) is 6.39. The van der Waals surface area contributed by atoms with E-state index < -0.39 is 0 Å². The number of carbonyl (C=O) groups is 1. The first-order chi connectivity index (χ1) is 9.02. The molecule has 1 aliphatic heterocycles. The third-order valence-electron chi connectivity index (χ3n) is 3.35. The molecule has 104 valence electrons. The maximum Gasteiger partial charge on any atom is 0.251 e. The van der Waals surface area contributed by atoms with Crippen molar-refractivity contribution in [3.63, 3.8) is 0 Å². The maximum atomic E-state index is 12.1. The van der Waals surface area contributed by atoms with Gasteiger partial charge in [-0.1, -0.05) is 0 Å². The van der Waals surface area contributed by atoms with Gasteiger partial charge in [0.05, 0.1) is 12.7 Å². The van der Waals surface area contributed by atoms with Gasteiger partial charge in [-0.05, 0) is 31.9 Å². The molecule has 0 bridgehead atoms. The lowest BCUT2D eigenvalue weighted by Crippen LogP contribution is -2.40. The van der Waals surface area contributed by atoms with Gasteiger partial charge in [0.25, 0.3) is 5.91 Å². The lowest BCUT2D eigenvalue weighted by Gasteiger charge is -2.23. The average Bonchev–Trinajstić information content (AvgIpc) is 2.82. The van der Waals surface area contributed by atoms with Crippen LogP contribution in [0, 0.1) is 0 Å². The molecule has 5 nitrogen and oxygen atoms in total. The lowest BCUT2D eigenvalue weighted by atomic mass is 10.0. The molecule has 0 radical (unpaired) electrons. The molecule has 1 fully saturated rings. The highest BCUT2D eigenvalue weighted by molar-refractivity contribution is 5.95. The van der Waals surface area contributed by atoms with E-state index >= 15 is 0 Å². The third-order valence-corrected chi connectivity index (χ3v) is 3.35. The van der Waals surface area contributed by atoms with Gasteiger partial charge in [0.15, 0.2) is 0 Å². The van der Waals surface area contributed by atoms with Crippen LogP contribution in [0.2, 0.25) is 0 Å². The van der Waals surface area contributed by atoms with Crippen LogP contribution in [0.15, 0.2) is 18.2 Å². The Hall–Kier alpha value is -1.75. The number of ether oxygens (including phenoxy) is 2. The predicted octanol–water partition coefficient (Wildman–Crippen LogP) is 1.58. The van der Waals surface area contributed by atoms with Crippen LogP contribution in [0.3, 0.4) is 0 Å². The van der Waals surface area contributed by atoms with Crippen molar-refractivity contribution in [2.45, 2.75) is 25.4 Å². The summed E-state index contributed by atoms with van der Waals surface area (Å²) in [7, 11) is 1.55. The van der Waals surface area contributed by atoms with Crippen LogP contribution in [0.25, 0.3) is 0 Å². The summed E-state index contributed by atoms with van der Waals surface area (Å²) in [6, 6.07) is 4.98. The highest BCUT2D eigenvalue weighted by Gasteiger charge is 2.30. The average molecular weight is 264 g/mol. The van der Waals surface area contributed by atoms with Gasteiger partial charge in [0.2, 0.25) is 0 Å². The highest BCUT2D eigenvalue weighted by Crippen LogP contribution is 2.24. The van der Waals surface area contributed by atoms with E-state index in [1.165, 1.54) is 0 Å². The van der Waals surface area contributed by atoms with Crippen LogP contribution in [-0.4, -0.2) is 31.8 Å². The Bertz CT molecular complexity index is 468. The van der Waals surface area contributed by atoms with Gasteiger partial charge >= 0.3 is 0 Å². The summed E-state index contributed by atoms with van der Waals surface area (Å²) in [5.41, 5.74) is 6.49. The number of rotatable bonds is 4. The van der Waals surface area contributed by atoms with Crippen molar-refractivity contribution in [3.8, 4) is 5.75 Å². The Morgan fingerprint density at radius 3 is 2.95 bits per heavy atom. The topological polar surface area (TPSA) is 73.6 Å². The zero-order valence-electron chi connectivity index (χ0n) is 11.4. The number of carbonyl (C=O) groups excluding carboxylic acids is 1. The van der Waals surface area contributed by atoms with Crippen molar-refractivity contribution in [2.75, 3.05) is 26.0 Å². The van der Waals surface area contributed by atoms with Gasteiger partial charge in [-0.3, -0.25) is 4.79 Å². The summed E-state index contributed by atoms with van der Waals surface area (Å²) in [5.74, 6) is 0.413. The predicted molar refractivity (Wildman–Crippen MR) is 73.3 cm³/mol. The van der Waals surface area contributed by atoms with Crippen LogP contribution < -0.4 is 15.8 Å². The Morgan fingerprint density at radius 1 is 1.53 bits per heavy atom. The van der Waals surface area contributed by atoms with Crippen LogP contribution in [-0.2, 0) is 4.74 Å². The second-order valence-corrected chi connectivity index (χ2v) is 5.08. The smallest absolute Gasteiger partial charge is 0.251 e. The van der Waals surface area contributed by atoms with E-state index in [4.69, 9.17) is 15.2 Å². The molecule has 1 aliphatic rings. The Balaban J connectivity index is 2.01. The van der Waals surface area contributed by atoms with Gasteiger partial charge in [-0.2, -0.15) is 0 Å². The quantitative estimate of drug-likeness (QED) is 0.810. The van der Waals surface area contributed by atoms with Crippen molar-refractivity contribution in [1.82, 2.24) is 5.32 Å². The zero-order chi connectivity index (χ0) is 13.9. The molecule has 0 saturated carbocycles. The van der Waals surface area contributed by atoms with Crippen molar-refractivity contribution >= 4 is 11.6 Å². The van der Waals surface area contributed by atoms with Gasteiger partial charge < -0.3 is 20.5 Å². The highest BCUT2D eigenvalue weighted by atomic mass is 16.5. The summed E-state index contributed by atoms with van der Waals surface area (Å²) in [5, 5.41) is 2.88. The van der Waals surface area contributed by atoms with Crippen LogP contribution in [0.1, 0.15) is 30.1 Å². The number of amides is 1. The fraction of sp³-hybridized carbons (Fsp3) is 0.500. The number of nitrogens with two attached hydrogens (primary N) is 1. The SMILES string of the molecule is COc1cc(N)cc(C(=O)NCC2(C)CCCO2)c1. The molecule has 1 saturated heterocycles. The minimum Gasteiger partial charge on any atom is -0.497 e. The number of hydrogen-bond acceptors (Lipinski definition) is 4. The molecular formula is C14H20N2O3. The molecule has 3 N–H and O–H groups in total. The number of methoxy groups -OCH3 is 1. The van der Waals surface area contributed by atoms with E-state index in [1.54, 1.807) is 25.3 Å². The third kappa shape index (κ3) is 3.38. The van der Waals surface area contributed by atoms with Gasteiger partial charge in [-0.25, -0.2) is 0 Å². The fourth-order valence-electron chi connectivity index (χ4n) is 2.22. The zero-order valence-corrected chi connectivity index (χ0v) is 11.4. The molecule has 19 heavy (non-hydrogen) atoms. The van der Waals surface area contributed by atoms with Crippen molar-refractivity contribution < 1.29 is 14.3 Å². The molecule has 0 aromatic heterocycles. The minimum atomic E-state index is -0.250. The summed E-state index contributed by atoms with van der Waals surface area (Å²) >= 11 is 0. The second kappa shape index (κ2) is 5.48. The summed E-state index contributed by atoms with van der Waals surface area (Å²) in [4.78, 5) is 12.1. The van der Waals surface area contributed by atoms with E-state index in [2.05, 4.69) is 5.32 Å². The number of benzene rings is 1. The summed E-state index contributed by atoms with van der Waals surface area (Å²) in [6.07, 6.45) is 2.01. The van der Waals surface area contributed by atoms with Crippen LogP contribution in [0.4, 0.5) is 5.69 Å². The maximum absolute atomic E-state index is 12.1. The normalized spacial score (nSPS) is 22.2. The van der Waals surface area contributed by atoms with Crippen molar-refractivity contribution in [3.05, 3.63) is 23.8 Å². The number of hydrogen-bond donors (Lipinski definition) is 2. The molecule has 1 aromatic carbocycles. The Labute approximate surface area is 113 Å². The van der Waals surface area contributed by atoms with E-state index in [9.17, 15) is 4.79 Å². The number of nitrogens with one attached hydrogen (secondary N) is 1. The molecule has 1 amide bonds. The largest absolute Gasteiger partial charge is 0.497 e. The molecule has 1 aromatic rings. The molecule has 5 heteroatoms. The molecular weight excluding hydrogens is 244 g/mol. The molecule has 1 unspecified atom stereocenters. The number of nitrogen functional groups attached to an aromatic ring is 1. The van der Waals surface area contributed by atoms with E-state index in [1.807, 2.05) is 6.92 Å². The standard InChI is InChI=1S/C14H20N2O3/c1-14(4-3-5-19-14)9-16-13(17)10-6-11(15)8-12(7-10)18-2/h6-8H,3-5,9,15H2,1-2H3,(H,16,17). The number of anilines is 1. The van der Waals surface area contributed by atoms with Gasteiger partial charge in [0, 0.05) is 30.5 Å². The first kappa shape index (κ1) is 13.7. The second-order valence-electron chi connectivity index (χ2n) is 5.08. The van der Waals surface area contributed by atoms with E-state index in [-0.39, 0.29) is 11.5 Å². The van der Waals surface area contributed by atoms with Crippen molar-refractivity contribution in [1.29, 1.82) is 0 Å². The summed E-state index contributed by atoms with van der Waals surface area (Å²) < 4.78 is 10.7. The van der Waals surface area contributed by atoms with Crippen molar-refractivity contribution in [2.24, 2.45) is 0 Å². The van der Waals surface area contributed by atoms with E-state index in [0.717, 1.165) is 19.4 Å². The lowest BCUT2D eigenvalue weighted by molar-refractivity contribution is 0.0206. The van der Waals surface area contributed by atoms with Gasteiger partial charge in [-0.15, -0.1) is 0 Å². The van der Waals surface area contributed by atoms with Gasteiger partial charge in [0.1, 0.15) is 5.75 Å². The summed E-state index contributed by atoms with van der Waals surface area (Å²) in [6.45, 7) is 3.28. The Kier molecular flexibility index (Phi) is 3.95. The molecule has 1 atom stereocenters. The van der Waals surface area contributed by atoms with Crippen LogP contribution >= 0.6 is 0 Å². The Morgan fingerprint density at radius 2 is 2.32 bits per heavy atom. The first-order valence-electron chi connectivity index (χ1n) is 6.39. The van der Waals surface area contributed by atoms with E-state index in [0.29, 0.717) is 23.5 Å². The van der Waals surface area contributed by atoms with Crippen LogP contribution in [0.5, 0.6) is 5.75 Å². The molecule has 1 heterocycles. The minimum absolute atomic E-state index is 0.165.